The van der Waals surface area contributed by atoms with Crippen LogP contribution in [-0.2, 0) is 11.2 Å². The Labute approximate surface area is 89.3 Å². The van der Waals surface area contributed by atoms with E-state index in [0.717, 1.165) is 13.0 Å². The maximum atomic E-state index is 5.75. The van der Waals surface area contributed by atoms with Gasteiger partial charge in [-0.3, -0.25) is 0 Å². The van der Waals surface area contributed by atoms with Gasteiger partial charge in [0.15, 0.2) is 0 Å². The first-order valence-corrected chi connectivity index (χ1v) is 6.07. The zero-order chi connectivity index (χ0) is 9.80. The molecule has 0 aromatic carbocycles. The lowest BCUT2D eigenvalue weighted by atomic mass is 9.89. The Hall–Kier alpha value is -0.380. The molecule has 78 valence electrons. The fraction of sp³-hybridized carbons (Fsp3) is 0.636. The highest BCUT2D eigenvalue weighted by molar-refractivity contribution is 7.09. The molecular weight excluding hydrogens is 194 g/mol. The van der Waals surface area contributed by atoms with E-state index in [1.54, 1.807) is 0 Å². The highest BCUT2D eigenvalue weighted by atomic mass is 32.1. The summed E-state index contributed by atoms with van der Waals surface area (Å²) in [6.07, 6.45) is 3.94. The van der Waals surface area contributed by atoms with Gasteiger partial charge in [-0.1, -0.05) is 6.07 Å². The van der Waals surface area contributed by atoms with Crippen LogP contribution in [0.15, 0.2) is 17.5 Å². The van der Waals surface area contributed by atoms with Gasteiger partial charge in [-0.25, -0.2) is 0 Å². The predicted molar refractivity (Wildman–Crippen MR) is 59.8 cm³/mol. The van der Waals surface area contributed by atoms with Crippen LogP contribution < -0.4 is 5.32 Å². The third-order valence-corrected chi connectivity index (χ3v) is 3.72. The van der Waals surface area contributed by atoms with Crippen molar-refractivity contribution in [3.05, 3.63) is 22.4 Å². The molecule has 1 N–H and O–H groups in total. The van der Waals surface area contributed by atoms with Crippen molar-refractivity contribution in [3.63, 3.8) is 0 Å². The van der Waals surface area contributed by atoms with E-state index in [1.807, 2.05) is 18.4 Å². The molecule has 3 heteroatoms. The minimum atomic E-state index is 0.507. The van der Waals surface area contributed by atoms with Crippen LogP contribution in [0.25, 0.3) is 0 Å². The highest BCUT2D eigenvalue weighted by Crippen LogP contribution is 2.23. The minimum absolute atomic E-state index is 0.507. The van der Waals surface area contributed by atoms with Crippen molar-refractivity contribution in [2.45, 2.75) is 31.4 Å². The number of ether oxygens (including phenoxy) is 1. The lowest BCUT2D eigenvalue weighted by Crippen LogP contribution is -2.43. The summed E-state index contributed by atoms with van der Waals surface area (Å²) in [4.78, 5) is 1.43. The van der Waals surface area contributed by atoms with Gasteiger partial charge in [0.25, 0.3) is 0 Å². The van der Waals surface area contributed by atoms with Gasteiger partial charge in [-0.05, 0) is 31.3 Å². The van der Waals surface area contributed by atoms with E-state index >= 15 is 0 Å². The second-order valence-corrected chi connectivity index (χ2v) is 4.81. The van der Waals surface area contributed by atoms with E-state index in [9.17, 15) is 0 Å². The van der Waals surface area contributed by atoms with Crippen LogP contribution in [-0.4, -0.2) is 25.8 Å². The van der Waals surface area contributed by atoms with Gasteiger partial charge in [-0.2, -0.15) is 0 Å². The molecule has 1 heterocycles. The van der Waals surface area contributed by atoms with E-state index in [-0.39, 0.29) is 0 Å². The normalized spacial score (nSPS) is 26.1. The quantitative estimate of drug-likeness (QED) is 0.805. The van der Waals surface area contributed by atoms with E-state index < -0.39 is 0 Å². The molecule has 14 heavy (non-hydrogen) atoms. The van der Waals surface area contributed by atoms with E-state index in [1.165, 1.54) is 17.7 Å². The molecule has 0 saturated heterocycles. The average Bonchev–Trinajstić information content (AvgIpc) is 2.61. The first kappa shape index (κ1) is 10.1. The first-order chi connectivity index (χ1) is 6.88. The fourth-order valence-corrected chi connectivity index (χ4v) is 2.41. The summed E-state index contributed by atoms with van der Waals surface area (Å²) < 4.78 is 5.75. The molecule has 0 unspecified atom stereocenters. The molecule has 2 rings (SSSR count). The second kappa shape index (κ2) is 4.91. The molecule has 0 radical (unpaired) electrons. The number of hydrogen-bond donors (Lipinski definition) is 1. The summed E-state index contributed by atoms with van der Waals surface area (Å²) in [6.45, 7) is 0.877. The Morgan fingerprint density at radius 2 is 2.43 bits per heavy atom. The molecule has 0 spiro atoms. The molecule has 0 atom stereocenters. The molecule has 1 saturated carbocycles. The van der Waals surface area contributed by atoms with Crippen LogP contribution in [0.5, 0.6) is 0 Å². The monoisotopic (exact) mass is 211 g/mol. The van der Waals surface area contributed by atoms with Crippen LogP contribution in [0.4, 0.5) is 0 Å². The van der Waals surface area contributed by atoms with Gasteiger partial charge >= 0.3 is 0 Å². The molecule has 0 aliphatic heterocycles. The Bertz CT molecular complexity index is 254. The maximum absolute atomic E-state index is 5.75. The van der Waals surface area contributed by atoms with Crippen LogP contribution in [0.3, 0.4) is 0 Å². The van der Waals surface area contributed by atoms with Crippen molar-refractivity contribution < 1.29 is 4.74 Å². The highest BCUT2D eigenvalue weighted by Gasteiger charge is 2.27. The van der Waals surface area contributed by atoms with Crippen molar-refractivity contribution in [1.82, 2.24) is 5.32 Å². The van der Waals surface area contributed by atoms with Gasteiger partial charge in [0.1, 0.15) is 0 Å². The second-order valence-electron chi connectivity index (χ2n) is 3.78. The van der Waals surface area contributed by atoms with Gasteiger partial charge in [-0.15, -0.1) is 11.3 Å². The van der Waals surface area contributed by atoms with E-state index in [4.69, 9.17) is 4.74 Å². The summed E-state index contributed by atoms with van der Waals surface area (Å²) >= 11 is 1.81. The van der Waals surface area contributed by atoms with Crippen molar-refractivity contribution in [2.24, 2.45) is 0 Å². The van der Waals surface area contributed by atoms with Crippen LogP contribution in [0.1, 0.15) is 17.7 Å². The molecule has 1 aromatic rings. The lowest BCUT2D eigenvalue weighted by Gasteiger charge is -2.34. The van der Waals surface area contributed by atoms with E-state index in [0.29, 0.717) is 12.1 Å². The third-order valence-electron chi connectivity index (χ3n) is 2.79. The molecule has 2 nitrogen and oxygen atoms in total. The minimum Gasteiger partial charge on any atom is -0.378 e. The van der Waals surface area contributed by atoms with Gasteiger partial charge in [0.2, 0.25) is 0 Å². The number of hydrogen-bond acceptors (Lipinski definition) is 3. The van der Waals surface area contributed by atoms with Crippen LogP contribution in [0.2, 0.25) is 0 Å². The van der Waals surface area contributed by atoms with Gasteiger partial charge < -0.3 is 10.1 Å². The van der Waals surface area contributed by atoms with E-state index in [2.05, 4.69) is 22.8 Å². The molecule has 0 bridgehead atoms. The Kier molecular flexibility index (Phi) is 3.56. The van der Waals surface area contributed by atoms with Crippen molar-refractivity contribution in [2.75, 3.05) is 13.7 Å². The molecule has 0 amide bonds. The molecule has 1 fully saturated rings. The summed E-state index contributed by atoms with van der Waals surface area (Å²) in [5.74, 6) is 0. The SMILES string of the molecule is CNC1CC(OCCc2cccs2)C1. The zero-order valence-electron chi connectivity index (χ0n) is 8.53. The van der Waals surface area contributed by atoms with Crippen molar-refractivity contribution in [1.29, 1.82) is 0 Å². The largest absolute Gasteiger partial charge is 0.378 e. The standard InChI is InChI=1S/C11H17NOS/c1-12-9-7-10(8-9)13-5-4-11-3-2-6-14-11/h2-3,6,9-10,12H,4-5,7-8H2,1H3. The molecule has 1 aliphatic rings. The van der Waals surface area contributed by atoms with Crippen molar-refractivity contribution >= 4 is 11.3 Å². The lowest BCUT2D eigenvalue weighted by molar-refractivity contribution is -0.0130. The summed E-state index contributed by atoms with van der Waals surface area (Å²) in [5.41, 5.74) is 0. The fourth-order valence-electron chi connectivity index (χ4n) is 1.72. The van der Waals surface area contributed by atoms with Crippen LogP contribution >= 0.6 is 11.3 Å². The number of rotatable bonds is 5. The summed E-state index contributed by atoms with van der Waals surface area (Å²) in [5, 5.41) is 5.38. The average molecular weight is 211 g/mol. The first-order valence-electron chi connectivity index (χ1n) is 5.19. The Balaban J connectivity index is 1.56. The molecule has 1 aliphatic carbocycles. The predicted octanol–water partition coefficient (Wildman–Crippen LogP) is 2.06. The number of nitrogens with one attached hydrogen (secondary N) is 1. The van der Waals surface area contributed by atoms with Gasteiger partial charge in [0, 0.05) is 17.3 Å². The summed E-state index contributed by atoms with van der Waals surface area (Å²) in [6, 6.07) is 4.97. The Morgan fingerprint density at radius 1 is 1.57 bits per heavy atom. The van der Waals surface area contributed by atoms with Crippen molar-refractivity contribution in [3.8, 4) is 0 Å². The molecule has 1 aromatic heterocycles. The maximum Gasteiger partial charge on any atom is 0.0605 e. The van der Waals surface area contributed by atoms with Crippen LogP contribution in [0, 0.1) is 0 Å². The topological polar surface area (TPSA) is 21.3 Å². The number of thiophene rings is 1. The smallest absolute Gasteiger partial charge is 0.0605 e. The summed E-state index contributed by atoms with van der Waals surface area (Å²) in [7, 11) is 2.02. The zero-order valence-corrected chi connectivity index (χ0v) is 9.35. The molecular formula is C11H17NOS. The Morgan fingerprint density at radius 3 is 3.07 bits per heavy atom. The van der Waals surface area contributed by atoms with Gasteiger partial charge in [0.05, 0.1) is 12.7 Å². The third kappa shape index (κ3) is 2.56.